The minimum atomic E-state index is -0.241. The zero-order chi connectivity index (χ0) is 22.3. The molecule has 0 bridgehead atoms. The molecule has 4 rings (SSSR count). The summed E-state index contributed by atoms with van der Waals surface area (Å²) >= 11 is 0. The van der Waals surface area contributed by atoms with E-state index in [1.807, 2.05) is 26.1 Å². The lowest BCUT2D eigenvalue weighted by Crippen LogP contribution is -2.40. The monoisotopic (exact) mass is 436 g/mol. The molecule has 2 aliphatic heterocycles. The van der Waals surface area contributed by atoms with E-state index in [2.05, 4.69) is 56.4 Å². The molecule has 0 saturated carbocycles. The molecule has 0 aliphatic carbocycles. The predicted molar refractivity (Wildman–Crippen MR) is 132 cm³/mol. The molecule has 2 saturated heterocycles. The van der Waals surface area contributed by atoms with Gasteiger partial charge in [0.2, 0.25) is 5.91 Å². The first-order valence-electron chi connectivity index (χ1n) is 11.9. The fraction of sp³-hybridized carbons (Fsp3) is 0.500. The fourth-order valence-corrected chi connectivity index (χ4v) is 4.52. The van der Waals surface area contributed by atoms with E-state index < -0.39 is 0 Å². The topological polar surface area (TPSA) is 48.1 Å². The molecule has 1 atom stereocenters. The van der Waals surface area contributed by atoms with Crippen molar-refractivity contribution >= 4 is 23.0 Å². The highest BCUT2D eigenvalue weighted by Crippen LogP contribution is 2.24. The van der Waals surface area contributed by atoms with Crippen LogP contribution in [0, 0.1) is 0 Å². The number of nitrogens with one attached hydrogen (secondary N) is 1. The Balaban J connectivity index is 1.35. The minimum absolute atomic E-state index is 0.0158. The molecule has 1 amide bonds. The van der Waals surface area contributed by atoms with E-state index in [0.29, 0.717) is 0 Å². The number of nitrogens with zero attached hydrogens (tertiary/aromatic N) is 3. The maximum Gasteiger partial charge on any atom is 0.241 e. The normalized spacial score (nSPS) is 18.0. The SMILES string of the molecule is C[C@@H](C(=O)Nc1ccc(N2CCCCC2)cc1)N(C)Cc1ccccc1N1CCOCC1. The summed E-state index contributed by atoms with van der Waals surface area (Å²) in [4.78, 5) is 19.8. The molecule has 2 aromatic rings. The van der Waals surface area contributed by atoms with Crippen LogP contribution >= 0.6 is 0 Å². The number of carbonyl (C=O) groups is 1. The molecule has 2 fully saturated rings. The highest BCUT2D eigenvalue weighted by molar-refractivity contribution is 5.94. The summed E-state index contributed by atoms with van der Waals surface area (Å²) < 4.78 is 5.50. The number of morpholine rings is 1. The number of hydrogen-bond donors (Lipinski definition) is 1. The van der Waals surface area contributed by atoms with E-state index in [1.165, 1.54) is 36.2 Å². The van der Waals surface area contributed by atoms with Crippen LogP contribution < -0.4 is 15.1 Å². The fourth-order valence-electron chi connectivity index (χ4n) is 4.52. The van der Waals surface area contributed by atoms with Crippen molar-refractivity contribution in [3.05, 3.63) is 54.1 Å². The number of hydrogen-bond acceptors (Lipinski definition) is 5. The Morgan fingerprint density at radius 1 is 0.969 bits per heavy atom. The van der Waals surface area contributed by atoms with Crippen molar-refractivity contribution in [1.82, 2.24) is 4.90 Å². The van der Waals surface area contributed by atoms with Gasteiger partial charge in [0.05, 0.1) is 19.3 Å². The van der Waals surface area contributed by atoms with Crippen molar-refractivity contribution in [2.75, 3.05) is 61.6 Å². The van der Waals surface area contributed by atoms with Crippen molar-refractivity contribution < 1.29 is 9.53 Å². The average Bonchev–Trinajstić information content (AvgIpc) is 2.85. The highest BCUT2D eigenvalue weighted by Gasteiger charge is 2.21. The number of ether oxygens (including phenoxy) is 1. The van der Waals surface area contributed by atoms with Gasteiger partial charge in [-0.15, -0.1) is 0 Å². The van der Waals surface area contributed by atoms with E-state index in [-0.39, 0.29) is 11.9 Å². The number of rotatable bonds is 7. The smallest absolute Gasteiger partial charge is 0.241 e. The molecule has 0 aromatic heterocycles. The highest BCUT2D eigenvalue weighted by atomic mass is 16.5. The number of carbonyl (C=O) groups excluding carboxylic acids is 1. The van der Waals surface area contributed by atoms with Crippen molar-refractivity contribution in [2.45, 2.75) is 38.8 Å². The molecule has 32 heavy (non-hydrogen) atoms. The van der Waals surface area contributed by atoms with Crippen LogP contribution in [0.4, 0.5) is 17.1 Å². The second-order valence-electron chi connectivity index (χ2n) is 8.90. The summed E-state index contributed by atoms with van der Waals surface area (Å²) in [6, 6.07) is 16.5. The van der Waals surface area contributed by atoms with Gasteiger partial charge in [0.1, 0.15) is 0 Å². The molecule has 0 radical (unpaired) electrons. The number of likely N-dealkylation sites (N-methyl/N-ethyl adjacent to an activating group) is 1. The van der Waals surface area contributed by atoms with Gasteiger partial charge < -0.3 is 19.9 Å². The number of anilines is 3. The van der Waals surface area contributed by atoms with E-state index in [0.717, 1.165) is 51.6 Å². The van der Waals surface area contributed by atoms with E-state index >= 15 is 0 Å². The summed E-state index contributed by atoms with van der Waals surface area (Å²) in [5.41, 5.74) is 4.57. The third-order valence-electron chi connectivity index (χ3n) is 6.66. The molecular weight excluding hydrogens is 400 g/mol. The zero-order valence-electron chi connectivity index (χ0n) is 19.4. The largest absolute Gasteiger partial charge is 0.378 e. The Hall–Kier alpha value is -2.57. The summed E-state index contributed by atoms with van der Waals surface area (Å²) in [7, 11) is 2.01. The second-order valence-corrected chi connectivity index (χ2v) is 8.90. The standard InChI is InChI=1S/C26H36N4O2/c1-21(26(31)27-23-10-12-24(13-11-23)29-14-6-3-7-15-29)28(2)20-22-8-4-5-9-25(22)30-16-18-32-19-17-30/h4-5,8-13,21H,3,6-7,14-20H2,1-2H3,(H,27,31)/t21-/m0/s1. The number of piperidine rings is 1. The molecule has 0 unspecified atom stereocenters. The summed E-state index contributed by atoms with van der Waals surface area (Å²) in [6.45, 7) is 8.27. The van der Waals surface area contributed by atoms with Crippen LogP contribution in [0.3, 0.4) is 0 Å². The van der Waals surface area contributed by atoms with Crippen LogP contribution in [0.25, 0.3) is 0 Å². The van der Waals surface area contributed by atoms with E-state index in [4.69, 9.17) is 4.74 Å². The lowest BCUT2D eigenvalue weighted by molar-refractivity contribution is -0.120. The van der Waals surface area contributed by atoms with Crippen LogP contribution in [0.5, 0.6) is 0 Å². The van der Waals surface area contributed by atoms with Gasteiger partial charge in [-0.05, 0) is 69.1 Å². The van der Waals surface area contributed by atoms with Crippen molar-refractivity contribution in [1.29, 1.82) is 0 Å². The van der Waals surface area contributed by atoms with Gasteiger partial charge in [-0.2, -0.15) is 0 Å². The predicted octanol–water partition coefficient (Wildman–Crippen LogP) is 3.97. The van der Waals surface area contributed by atoms with Gasteiger partial charge >= 0.3 is 0 Å². The quantitative estimate of drug-likeness (QED) is 0.712. The van der Waals surface area contributed by atoms with E-state index in [9.17, 15) is 4.79 Å². The van der Waals surface area contributed by atoms with Gasteiger partial charge in [-0.25, -0.2) is 0 Å². The Morgan fingerprint density at radius 3 is 2.38 bits per heavy atom. The molecule has 2 aliphatic rings. The first-order chi connectivity index (χ1) is 15.6. The van der Waals surface area contributed by atoms with Crippen LogP contribution in [0.2, 0.25) is 0 Å². The minimum Gasteiger partial charge on any atom is -0.378 e. The average molecular weight is 437 g/mol. The van der Waals surface area contributed by atoms with Crippen molar-refractivity contribution in [3.8, 4) is 0 Å². The van der Waals surface area contributed by atoms with Crippen LogP contribution in [0.15, 0.2) is 48.5 Å². The molecular formula is C26H36N4O2. The summed E-state index contributed by atoms with van der Waals surface area (Å²) in [6.07, 6.45) is 3.85. The Kier molecular flexibility index (Phi) is 7.66. The van der Waals surface area contributed by atoms with Crippen molar-refractivity contribution in [2.24, 2.45) is 0 Å². The van der Waals surface area contributed by atoms with Gasteiger partial charge in [-0.1, -0.05) is 18.2 Å². The van der Waals surface area contributed by atoms with Crippen molar-refractivity contribution in [3.63, 3.8) is 0 Å². The number of para-hydroxylation sites is 1. The lowest BCUT2D eigenvalue weighted by atomic mass is 10.1. The van der Waals surface area contributed by atoms with E-state index in [1.54, 1.807) is 0 Å². The summed E-state index contributed by atoms with van der Waals surface area (Å²) in [5.74, 6) is 0.0158. The Morgan fingerprint density at radius 2 is 1.66 bits per heavy atom. The molecule has 172 valence electrons. The maximum atomic E-state index is 12.9. The second kappa shape index (κ2) is 10.8. The van der Waals surface area contributed by atoms with Gasteiger partial charge in [-0.3, -0.25) is 9.69 Å². The molecule has 0 spiro atoms. The first kappa shape index (κ1) is 22.6. The lowest BCUT2D eigenvalue weighted by Gasteiger charge is -2.32. The molecule has 6 heteroatoms. The third kappa shape index (κ3) is 5.61. The molecule has 2 aromatic carbocycles. The molecule has 2 heterocycles. The Labute approximate surface area is 192 Å². The number of benzene rings is 2. The molecule has 6 nitrogen and oxygen atoms in total. The van der Waals surface area contributed by atoms with Gasteiger partial charge in [0, 0.05) is 49.8 Å². The first-order valence-corrected chi connectivity index (χ1v) is 11.9. The van der Waals surface area contributed by atoms with Gasteiger partial charge in [0.25, 0.3) is 0 Å². The molecule has 1 N–H and O–H groups in total. The van der Waals surface area contributed by atoms with Crippen LogP contribution in [-0.4, -0.2) is 63.3 Å². The Bertz CT molecular complexity index is 874. The zero-order valence-corrected chi connectivity index (χ0v) is 19.4. The summed E-state index contributed by atoms with van der Waals surface area (Å²) in [5, 5.41) is 3.09. The van der Waals surface area contributed by atoms with Crippen LogP contribution in [0.1, 0.15) is 31.7 Å². The van der Waals surface area contributed by atoms with Gasteiger partial charge in [0.15, 0.2) is 0 Å². The third-order valence-corrected chi connectivity index (χ3v) is 6.66. The van der Waals surface area contributed by atoms with Crippen LogP contribution in [-0.2, 0) is 16.1 Å². The maximum absolute atomic E-state index is 12.9. The number of amides is 1.